The molecule has 0 aliphatic carbocycles. The van der Waals surface area contributed by atoms with Gasteiger partial charge in [0.1, 0.15) is 0 Å². The topological polar surface area (TPSA) is 28.7 Å². The number of hydrogen-bond acceptors (Lipinski definition) is 1. The Morgan fingerprint density at radius 2 is 1.45 bits per heavy atom. The van der Waals surface area contributed by atoms with Gasteiger partial charge in [-0.25, -0.2) is 0 Å². The standard InChI is InChI=1S/C7H7N2.3C4H9.Sn/c1-6-3-4-7(5-8)9(6)2;3*1-3-4-2;/h4H,1-2H3;3*1,3-4H2,2H3;. The van der Waals surface area contributed by atoms with E-state index >= 15 is 0 Å². The Balaban J connectivity index is 3.28. The zero-order chi connectivity index (χ0) is 16.6. The number of nitrogens with zero attached hydrogens (tertiary/aromatic N) is 2. The van der Waals surface area contributed by atoms with Crippen LogP contribution in [0.25, 0.3) is 0 Å². The molecule has 0 amide bonds. The molecule has 0 unspecified atom stereocenters. The number of nitriles is 1. The van der Waals surface area contributed by atoms with E-state index in [0.717, 1.165) is 5.69 Å². The van der Waals surface area contributed by atoms with Crippen molar-refractivity contribution in [3.8, 4) is 6.07 Å². The van der Waals surface area contributed by atoms with Crippen LogP contribution in [-0.4, -0.2) is 22.9 Å². The van der Waals surface area contributed by atoms with Crippen LogP contribution < -0.4 is 3.58 Å². The molecule has 0 bridgehead atoms. The fourth-order valence-corrected chi connectivity index (χ4v) is 20.9. The van der Waals surface area contributed by atoms with Crippen LogP contribution in [0.15, 0.2) is 6.07 Å². The van der Waals surface area contributed by atoms with Gasteiger partial charge < -0.3 is 0 Å². The van der Waals surface area contributed by atoms with E-state index in [-0.39, 0.29) is 0 Å². The second-order valence-electron chi connectivity index (χ2n) is 6.79. The van der Waals surface area contributed by atoms with Crippen LogP contribution in [-0.2, 0) is 7.05 Å². The summed E-state index contributed by atoms with van der Waals surface area (Å²) in [6.07, 6.45) is 8.02. The van der Waals surface area contributed by atoms with E-state index in [4.69, 9.17) is 0 Å². The summed E-state index contributed by atoms with van der Waals surface area (Å²) in [5.41, 5.74) is 2.24. The Labute approximate surface area is 141 Å². The van der Waals surface area contributed by atoms with Crippen molar-refractivity contribution in [1.29, 1.82) is 5.26 Å². The predicted molar refractivity (Wildman–Crippen MR) is 99.4 cm³/mol. The van der Waals surface area contributed by atoms with Crippen molar-refractivity contribution in [2.75, 3.05) is 0 Å². The van der Waals surface area contributed by atoms with E-state index in [1.54, 1.807) is 3.58 Å². The van der Waals surface area contributed by atoms with Crippen molar-refractivity contribution in [2.24, 2.45) is 7.05 Å². The molecule has 0 saturated heterocycles. The van der Waals surface area contributed by atoms with Gasteiger partial charge in [0.2, 0.25) is 0 Å². The number of rotatable bonds is 10. The van der Waals surface area contributed by atoms with Gasteiger partial charge in [-0.2, -0.15) is 0 Å². The molecular weight excluding hydrogens is 375 g/mol. The third-order valence-electron chi connectivity index (χ3n) is 5.25. The second kappa shape index (κ2) is 9.65. The first-order valence-corrected chi connectivity index (χ1v) is 16.6. The van der Waals surface area contributed by atoms with Gasteiger partial charge in [-0.3, -0.25) is 0 Å². The zero-order valence-electron chi connectivity index (χ0n) is 15.3. The van der Waals surface area contributed by atoms with E-state index in [0.29, 0.717) is 0 Å². The van der Waals surface area contributed by atoms with Crippen LogP contribution in [0.5, 0.6) is 0 Å². The van der Waals surface area contributed by atoms with E-state index in [9.17, 15) is 5.26 Å². The number of unbranched alkanes of at least 4 members (excludes halogenated alkanes) is 3. The Morgan fingerprint density at radius 3 is 1.77 bits per heavy atom. The average Bonchev–Trinajstić information content (AvgIpc) is 2.83. The van der Waals surface area contributed by atoms with Gasteiger partial charge in [-0.15, -0.1) is 0 Å². The molecule has 1 aromatic rings. The quantitative estimate of drug-likeness (QED) is 0.485. The van der Waals surface area contributed by atoms with Gasteiger partial charge in [0.25, 0.3) is 0 Å². The molecule has 1 heterocycles. The molecule has 0 N–H and O–H groups in total. The second-order valence-corrected chi connectivity index (χ2v) is 19.9. The summed E-state index contributed by atoms with van der Waals surface area (Å²) < 4.78 is 8.21. The molecule has 22 heavy (non-hydrogen) atoms. The van der Waals surface area contributed by atoms with Crippen molar-refractivity contribution in [2.45, 2.75) is 79.5 Å². The maximum absolute atomic E-state index is 9.40. The average molecular weight is 409 g/mol. The van der Waals surface area contributed by atoms with Crippen molar-refractivity contribution >= 4 is 22.0 Å². The van der Waals surface area contributed by atoms with Gasteiger partial charge in [0, 0.05) is 0 Å². The van der Waals surface area contributed by atoms with Crippen LogP contribution in [0.4, 0.5) is 0 Å². The maximum atomic E-state index is 9.40. The Hall–Kier alpha value is -0.431. The first-order valence-electron chi connectivity index (χ1n) is 9.13. The van der Waals surface area contributed by atoms with Crippen molar-refractivity contribution in [3.63, 3.8) is 0 Å². The van der Waals surface area contributed by atoms with E-state index in [1.165, 1.54) is 57.5 Å². The molecule has 1 aromatic heterocycles. The van der Waals surface area contributed by atoms with Crippen molar-refractivity contribution in [3.05, 3.63) is 17.5 Å². The normalized spacial score (nSPS) is 11.6. The summed E-state index contributed by atoms with van der Waals surface area (Å²) in [6, 6.07) is 4.66. The molecular formula is C19H34N2Sn. The van der Waals surface area contributed by atoms with Crippen LogP contribution >= 0.6 is 0 Å². The molecule has 0 fully saturated rings. The molecule has 0 radical (unpaired) electrons. The summed E-state index contributed by atoms with van der Waals surface area (Å²) >= 11 is -2.38. The van der Waals surface area contributed by atoms with Gasteiger partial charge in [-0.1, -0.05) is 0 Å². The molecule has 0 aromatic carbocycles. The van der Waals surface area contributed by atoms with Gasteiger partial charge in [0.05, 0.1) is 0 Å². The summed E-state index contributed by atoms with van der Waals surface area (Å²) in [4.78, 5) is 0. The molecule has 0 aliphatic heterocycles. The first-order chi connectivity index (χ1) is 10.6. The molecule has 3 heteroatoms. The zero-order valence-corrected chi connectivity index (χ0v) is 18.2. The molecule has 1 rings (SSSR count). The molecule has 0 aliphatic rings. The number of hydrogen-bond donors (Lipinski definition) is 0. The summed E-state index contributed by atoms with van der Waals surface area (Å²) in [5, 5.41) is 9.40. The van der Waals surface area contributed by atoms with E-state index in [2.05, 4.69) is 51.4 Å². The van der Waals surface area contributed by atoms with E-state index in [1.807, 2.05) is 0 Å². The minimum atomic E-state index is -2.38. The summed E-state index contributed by atoms with van der Waals surface area (Å²) in [7, 11) is 2.06. The molecule has 0 atom stereocenters. The van der Waals surface area contributed by atoms with Crippen LogP contribution in [0, 0.1) is 18.3 Å². The Bertz CT molecular complexity index is 474. The molecule has 0 saturated carbocycles. The Morgan fingerprint density at radius 1 is 1.00 bits per heavy atom. The minimum absolute atomic E-state index is 0.859. The third kappa shape index (κ3) is 4.54. The summed E-state index contributed by atoms with van der Waals surface area (Å²) in [5.74, 6) is 0. The van der Waals surface area contributed by atoms with Crippen molar-refractivity contribution in [1.82, 2.24) is 4.57 Å². The SMILES string of the molecule is CCC[CH2][Sn]([CH2]CCC)([CH2]CCC)[c]1cc(C#N)n(C)c1C. The van der Waals surface area contributed by atoms with E-state index < -0.39 is 18.4 Å². The fourth-order valence-electron chi connectivity index (χ4n) is 3.67. The van der Waals surface area contributed by atoms with Crippen LogP contribution in [0.1, 0.15) is 70.7 Å². The molecule has 0 spiro atoms. The molecule has 2 nitrogen and oxygen atoms in total. The van der Waals surface area contributed by atoms with Gasteiger partial charge in [0.15, 0.2) is 0 Å². The van der Waals surface area contributed by atoms with Crippen molar-refractivity contribution < 1.29 is 0 Å². The van der Waals surface area contributed by atoms with Gasteiger partial charge in [-0.05, 0) is 0 Å². The molecule has 124 valence electrons. The fraction of sp³-hybridized carbons (Fsp3) is 0.737. The van der Waals surface area contributed by atoms with Crippen LogP contribution in [0.3, 0.4) is 0 Å². The number of aromatic nitrogens is 1. The monoisotopic (exact) mass is 410 g/mol. The predicted octanol–water partition coefficient (Wildman–Crippen LogP) is 5.26. The Kier molecular flexibility index (Phi) is 8.60. The van der Waals surface area contributed by atoms with Crippen LogP contribution in [0.2, 0.25) is 13.3 Å². The summed E-state index contributed by atoms with van der Waals surface area (Å²) in [6.45, 7) is 9.18. The van der Waals surface area contributed by atoms with Gasteiger partial charge >= 0.3 is 142 Å². The third-order valence-corrected chi connectivity index (χ3v) is 21.2. The first kappa shape index (κ1) is 19.6.